The molecular weight excluding hydrogens is 180 g/mol. The smallest absolute Gasteiger partial charge is 0.188 e. The molecule has 0 aromatic rings. The van der Waals surface area contributed by atoms with Crippen LogP contribution in [0.3, 0.4) is 0 Å². The summed E-state index contributed by atoms with van der Waals surface area (Å²) in [5.41, 5.74) is 1.38. The van der Waals surface area contributed by atoms with Gasteiger partial charge in [0, 0.05) is 6.42 Å². The van der Waals surface area contributed by atoms with Crippen LogP contribution in [0.1, 0.15) is 26.2 Å². The molecule has 2 aliphatic heterocycles. The van der Waals surface area contributed by atoms with Gasteiger partial charge in [-0.3, -0.25) is 0 Å². The van der Waals surface area contributed by atoms with Gasteiger partial charge in [-0.2, -0.15) is 0 Å². The van der Waals surface area contributed by atoms with E-state index in [1.807, 2.05) is 0 Å². The van der Waals surface area contributed by atoms with Crippen molar-refractivity contribution in [2.75, 3.05) is 13.2 Å². The average Bonchev–Trinajstić information content (AvgIpc) is 2.76. The Labute approximate surface area is 84.0 Å². The molecule has 0 N–H and O–H groups in total. The molecule has 3 aliphatic rings. The molecule has 0 aromatic heterocycles. The maximum Gasteiger partial charge on any atom is 0.188 e. The van der Waals surface area contributed by atoms with Gasteiger partial charge >= 0.3 is 0 Å². The van der Waals surface area contributed by atoms with Crippen LogP contribution in [0.5, 0.6) is 0 Å². The first-order valence-corrected chi connectivity index (χ1v) is 5.44. The van der Waals surface area contributed by atoms with E-state index in [2.05, 4.69) is 13.0 Å². The Kier molecular flexibility index (Phi) is 1.94. The lowest BCUT2D eigenvalue weighted by Crippen LogP contribution is -2.31. The summed E-state index contributed by atoms with van der Waals surface area (Å²) < 4.78 is 16.8. The summed E-state index contributed by atoms with van der Waals surface area (Å²) in [7, 11) is 0. The van der Waals surface area contributed by atoms with Crippen LogP contribution >= 0.6 is 0 Å². The molecule has 2 saturated heterocycles. The number of hydrogen-bond acceptors (Lipinski definition) is 3. The van der Waals surface area contributed by atoms with E-state index in [0.717, 1.165) is 32.5 Å². The minimum absolute atomic E-state index is 0.347. The maximum absolute atomic E-state index is 5.67. The van der Waals surface area contributed by atoms with E-state index in [1.54, 1.807) is 0 Å². The van der Waals surface area contributed by atoms with Crippen molar-refractivity contribution in [3.8, 4) is 0 Å². The van der Waals surface area contributed by atoms with Crippen molar-refractivity contribution in [2.24, 2.45) is 0 Å². The largest absolute Gasteiger partial charge is 0.365 e. The maximum atomic E-state index is 5.67. The zero-order valence-corrected chi connectivity index (χ0v) is 8.49. The van der Waals surface area contributed by atoms with Gasteiger partial charge in [0.15, 0.2) is 5.79 Å². The third-order valence-electron chi connectivity index (χ3n) is 3.25. The van der Waals surface area contributed by atoms with E-state index in [1.165, 1.54) is 5.57 Å². The van der Waals surface area contributed by atoms with Crippen LogP contribution < -0.4 is 0 Å². The fourth-order valence-corrected chi connectivity index (χ4v) is 2.46. The third kappa shape index (κ3) is 1.40. The number of rotatable bonds is 1. The lowest BCUT2D eigenvalue weighted by molar-refractivity contribution is -0.126. The van der Waals surface area contributed by atoms with Crippen molar-refractivity contribution in [1.82, 2.24) is 0 Å². The van der Waals surface area contributed by atoms with Crippen molar-refractivity contribution in [3.63, 3.8) is 0 Å². The van der Waals surface area contributed by atoms with Gasteiger partial charge in [-0.05, 0) is 31.4 Å². The molecule has 1 aliphatic carbocycles. The second kappa shape index (κ2) is 3.05. The van der Waals surface area contributed by atoms with Crippen LogP contribution in [0.15, 0.2) is 11.6 Å². The molecule has 0 bridgehead atoms. The number of ether oxygens (including phenoxy) is 3. The van der Waals surface area contributed by atoms with Crippen LogP contribution in [0.4, 0.5) is 0 Å². The second-order valence-corrected chi connectivity index (χ2v) is 4.34. The molecule has 0 radical (unpaired) electrons. The molecule has 1 spiro atoms. The number of hydrogen-bond donors (Lipinski definition) is 0. The first-order valence-electron chi connectivity index (χ1n) is 5.44. The highest BCUT2D eigenvalue weighted by Gasteiger charge is 2.43. The predicted molar refractivity (Wildman–Crippen MR) is 50.9 cm³/mol. The Balaban J connectivity index is 1.80. The van der Waals surface area contributed by atoms with Gasteiger partial charge in [-0.1, -0.05) is 0 Å². The van der Waals surface area contributed by atoms with Gasteiger partial charge in [-0.15, -0.1) is 0 Å². The Bertz CT molecular complexity index is 266. The predicted octanol–water partition coefficient (Wildman–Crippen LogP) is 1.63. The zero-order chi connectivity index (χ0) is 9.60. The molecule has 3 nitrogen and oxygen atoms in total. The molecule has 0 amide bonds. The van der Waals surface area contributed by atoms with E-state index < -0.39 is 0 Å². The molecular formula is C11H16O3. The molecule has 2 atom stereocenters. The lowest BCUT2D eigenvalue weighted by atomic mass is 9.92. The van der Waals surface area contributed by atoms with Gasteiger partial charge in [0.25, 0.3) is 0 Å². The lowest BCUT2D eigenvalue weighted by Gasteiger charge is -2.29. The van der Waals surface area contributed by atoms with E-state index in [9.17, 15) is 0 Å². The fraction of sp³-hybridized carbons (Fsp3) is 0.818. The zero-order valence-electron chi connectivity index (χ0n) is 8.49. The summed E-state index contributed by atoms with van der Waals surface area (Å²) in [6.45, 7) is 3.57. The molecule has 2 fully saturated rings. The summed E-state index contributed by atoms with van der Waals surface area (Å²) in [4.78, 5) is 0. The highest BCUT2D eigenvalue weighted by Crippen LogP contribution is 2.40. The van der Waals surface area contributed by atoms with E-state index >= 15 is 0 Å². The standard InChI is InChI=1S/C11H16O3/c1-8-10(14-8)9-3-2-4-11(7-9)12-5-6-13-11/h7-8,10H,2-6H2,1H3/t8-,10-/m0/s1. The minimum atomic E-state index is -0.390. The second-order valence-electron chi connectivity index (χ2n) is 4.34. The summed E-state index contributed by atoms with van der Waals surface area (Å²) >= 11 is 0. The molecule has 2 heterocycles. The van der Waals surface area contributed by atoms with Gasteiger partial charge in [0.05, 0.1) is 19.3 Å². The van der Waals surface area contributed by atoms with E-state index in [0.29, 0.717) is 12.2 Å². The summed E-state index contributed by atoms with van der Waals surface area (Å²) in [6.07, 6.45) is 6.20. The highest BCUT2D eigenvalue weighted by atomic mass is 16.7. The fourth-order valence-electron chi connectivity index (χ4n) is 2.46. The first-order chi connectivity index (χ1) is 6.79. The van der Waals surface area contributed by atoms with Crippen molar-refractivity contribution in [1.29, 1.82) is 0 Å². The average molecular weight is 196 g/mol. The van der Waals surface area contributed by atoms with Crippen molar-refractivity contribution >= 4 is 0 Å². The van der Waals surface area contributed by atoms with Crippen LogP contribution in [0.25, 0.3) is 0 Å². The molecule has 0 saturated carbocycles. The Morgan fingerprint density at radius 2 is 2.07 bits per heavy atom. The van der Waals surface area contributed by atoms with Crippen molar-refractivity contribution < 1.29 is 14.2 Å². The Hall–Kier alpha value is -0.380. The van der Waals surface area contributed by atoms with Gasteiger partial charge in [0.2, 0.25) is 0 Å². The van der Waals surface area contributed by atoms with Crippen LogP contribution in [0.2, 0.25) is 0 Å². The molecule has 0 unspecified atom stereocenters. The molecule has 3 rings (SSSR count). The molecule has 78 valence electrons. The third-order valence-corrected chi connectivity index (χ3v) is 3.25. The Morgan fingerprint density at radius 1 is 1.36 bits per heavy atom. The normalized spacial score (nSPS) is 39.9. The van der Waals surface area contributed by atoms with Gasteiger partial charge in [-0.25, -0.2) is 0 Å². The topological polar surface area (TPSA) is 31.0 Å². The highest BCUT2D eigenvalue weighted by molar-refractivity contribution is 5.22. The molecule has 3 heteroatoms. The minimum Gasteiger partial charge on any atom is -0.365 e. The molecule has 0 aromatic carbocycles. The van der Waals surface area contributed by atoms with E-state index in [4.69, 9.17) is 14.2 Å². The van der Waals surface area contributed by atoms with Crippen LogP contribution in [0, 0.1) is 0 Å². The monoisotopic (exact) mass is 196 g/mol. The van der Waals surface area contributed by atoms with Gasteiger partial charge in [0.1, 0.15) is 6.10 Å². The van der Waals surface area contributed by atoms with Crippen molar-refractivity contribution in [3.05, 3.63) is 11.6 Å². The van der Waals surface area contributed by atoms with Gasteiger partial charge < -0.3 is 14.2 Å². The van der Waals surface area contributed by atoms with Crippen molar-refractivity contribution in [2.45, 2.75) is 44.2 Å². The van der Waals surface area contributed by atoms with Crippen LogP contribution in [-0.2, 0) is 14.2 Å². The SMILES string of the molecule is C[C@@H]1O[C@@H]1C1=CC2(CCC1)OCCO2. The number of epoxide rings is 1. The van der Waals surface area contributed by atoms with E-state index in [-0.39, 0.29) is 5.79 Å². The summed E-state index contributed by atoms with van der Waals surface area (Å²) in [6, 6.07) is 0. The summed E-state index contributed by atoms with van der Waals surface area (Å²) in [5, 5.41) is 0. The quantitative estimate of drug-likeness (QED) is 0.472. The first kappa shape index (κ1) is 8.89. The molecule has 14 heavy (non-hydrogen) atoms. The Morgan fingerprint density at radius 3 is 2.71 bits per heavy atom. The van der Waals surface area contributed by atoms with Crippen LogP contribution in [-0.4, -0.2) is 31.2 Å². The summed E-state index contributed by atoms with van der Waals surface area (Å²) in [5.74, 6) is -0.390.